The van der Waals surface area contributed by atoms with Crippen LogP contribution < -0.4 is 5.73 Å². The number of halogens is 1. The van der Waals surface area contributed by atoms with E-state index in [0.29, 0.717) is 12.0 Å². The second-order valence-corrected chi connectivity index (χ2v) is 1.57. The fourth-order valence-corrected chi connectivity index (χ4v) is 0.567. The van der Waals surface area contributed by atoms with Gasteiger partial charge in [0.25, 0.3) is 0 Å². The van der Waals surface area contributed by atoms with Crippen molar-refractivity contribution in [3.8, 4) is 0 Å². The lowest BCUT2D eigenvalue weighted by atomic mass is 10.2. The normalized spacial score (nSPS) is 11.5. The van der Waals surface area contributed by atoms with E-state index >= 15 is 0 Å². The van der Waals surface area contributed by atoms with E-state index in [4.69, 9.17) is 17.3 Å². The Morgan fingerprint density at radius 2 is 2.38 bits per heavy atom. The van der Waals surface area contributed by atoms with E-state index < -0.39 is 5.91 Å². The lowest BCUT2D eigenvalue weighted by Crippen LogP contribution is -2.12. The maximum Gasteiger partial charge on any atom is 0.245 e. The smallest absolute Gasteiger partial charge is 0.245 e. The van der Waals surface area contributed by atoms with Crippen LogP contribution in [0, 0.1) is 0 Å². The summed E-state index contributed by atoms with van der Waals surface area (Å²) in [7, 11) is 0. The van der Waals surface area contributed by atoms with Gasteiger partial charge >= 0.3 is 0 Å². The molecule has 0 aromatic rings. The van der Waals surface area contributed by atoms with Crippen LogP contribution in [0.1, 0.15) is 13.3 Å². The van der Waals surface area contributed by atoms with Gasteiger partial charge in [-0.2, -0.15) is 0 Å². The Kier molecular flexibility index (Phi) is 3.28. The minimum Gasteiger partial charge on any atom is -0.366 e. The first-order chi connectivity index (χ1) is 3.72. The zero-order chi connectivity index (χ0) is 6.57. The lowest BCUT2D eigenvalue weighted by molar-refractivity contribution is -0.114. The third-order valence-electron chi connectivity index (χ3n) is 0.829. The topological polar surface area (TPSA) is 43.1 Å². The van der Waals surface area contributed by atoms with Gasteiger partial charge in [0.2, 0.25) is 5.91 Å². The number of nitrogens with two attached hydrogens (primary N) is 1. The molecule has 1 amide bonds. The molecule has 0 atom stereocenters. The van der Waals surface area contributed by atoms with Crippen molar-refractivity contribution in [2.24, 2.45) is 5.73 Å². The van der Waals surface area contributed by atoms with Crippen LogP contribution in [-0.2, 0) is 4.79 Å². The van der Waals surface area contributed by atoms with Crippen molar-refractivity contribution in [2.75, 3.05) is 0 Å². The Morgan fingerprint density at radius 3 is 2.38 bits per heavy atom. The third kappa shape index (κ3) is 1.98. The summed E-state index contributed by atoms with van der Waals surface area (Å²) in [5.74, 6) is -0.442. The Labute approximate surface area is 53.3 Å². The zero-order valence-corrected chi connectivity index (χ0v) is 5.40. The molecule has 2 nitrogen and oxygen atoms in total. The SMILES string of the molecule is CC/C(=C\Cl)C(N)=O. The van der Waals surface area contributed by atoms with Crippen LogP contribution in [0.25, 0.3) is 0 Å². The Hall–Kier alpha value is -0.500. The molecule has 3 heteroatoms. The fraction of sp³-hybridized carbons (Fsp3) is 0.400. The van der Waals surface area contributed by atoms with Crippen LogP contribution >= 0.6 is 11.6 Å². The number of primary amides is 1. The third-order valence-corrected chi connectivity index (χ3v) is 1.09. The van der Waals surface area contributed by atoms with Crippen LogP contribution in [0.5, 0.6) is 0 Å². The summed E-state index contributed by atoms with van der Waals surface area (Å²) in [6.45, 7) is 1.82. The maximum absolute atomic E-state index is 10.2. The van der Waals surface area contributed by atoms with Gasteiger partial charge in [-0.25, -0.2) is 0 Å². The number of amides is 1. The van der Waals surface area contributed by atoms with E-state index in [1.165, 1.54) is 5.54 Å². The van der Waals surface area contributed by atoms with E-state index in [2.05, 4.69) is 0 Å². The predicted molar refractivity (Wildman–Crippen MR) is 33.4 cm³/mol. The molecule has 0 saturated heterocycles. The highest BCUT2D eigenvalue weighted by molar-refractivity contribution is 6.27. The van der Waals surface area contributed by atoms with Gasteiger partial charge in [0.05, 0.1) is 0 Å². The minimum atomic E-state index is -0.442. The first kappa shape index (κ1) is 7.50. The highest BCUT2D eigenvalue weighted by Crippen LogP contribution is 1.99. The van der Waals surface area contributed by atoms with Crippen LogP contribution in [-0.4, -0.2) is 5.91 Å². The van der Waals surface area contributed by atoms with Crippen molar-refractivity contribution < 1.29 is 4.79 Å². The Bertz CT molecular complexity index is 120. The molecule has 0 aromatic heterocycles. The number of carbonyl (C=O) groups excluding carboxylic acids is 1. The summed E-state index contributed by atoms with van der Waals surface area (Å²) in [5, 5.41) is 0. The molecule has 0 aliphatic heterocycles. The van der Waals surface area contributed by atoms with Crippen LogP contribution in [0.2, 0.25) is 0 Å². The van der Waals surface area contributed by atoms with Crippen molar-refractivity contribution in [1.82, 2.24) is 0 Å². The summed E-state index contributed by atoms with van der Waals surface area (Å²) in [6.07, 6.45) is 0.596. The van der Waals surface area contributed by atoms with Crippen molar-refractivity contribution in [3.63, 3.8) is 0 Å². The van der Waals surface area contributed by atoms with Gasteiger partial charge < -0.3 is 5.73 Å². The summed E-state index contributed by atoms with van der Waals surface area (Å²) < 4.78 is 0. The molecule has 0 spiro atoms. The lowest BCUT2D eigenvalue weighted by Gasteiger charge is -1.91. The van der Waals surface area contributed by atoms with Crippen LogP contribution in [0.15, 0.2) is 11.1 Å². The van der Waals surface area contributed by atoms with Crippen LogP contribution in [0.3, 0.4) is 0 Å². The van der Waals surface area contributed by atoms with Crippen LogP contribution in [0.4, 0.5) is 0 Å². The van der Waals surface area contributed by atoms with Gasteiger partial charge in [0.1, 0.15) is 0 Å². The largest absolute Gasteiger partial charge is 0.366 e. The molecular weight excluding hydrogens is 126 g/mol. The van der Waals surface area contributed by atoms with Crippen molar-refractivity contribution >= 4 is 17.5 Å². The van der Waals surface area contributed by atoms with Crippen molar-refractivity contribution in [3.05, 3.63) is 11.1 Å². The first-order valence-electron chi connectivity index (χ1n) is 2.31. The highest BCUT2D eigenvalue weighted by atomic mass is 35.5. The average molecular weight is 134 g/mol. The van der Waals surface area contributed by atoms with E-state index in [1.807, 2.05) is 6.92 Å². The molecule has 0 rings (SSSR count). The molecule has 0 heterocycles. The highest BCUT2D eigenvalue weighted by Gasteiger charge is 1.97. The molecule has 0 aliphatic rings. The molecule has 0 fully saturated rings. The monoisotopic (exact) mass is 133 g/mol. The summed E-state index contributed by atoms with van der Waals surface area (Å²) in [5.41, 5.74) is 6.54. The van der Waals surface area contributed by atoms with Crippen molar-refractivity contribution in [2.45, 2.75) is 13.3 Å². The number of hydrogen-bond donors (Lipinski definition) is 1. The maximum atomic E-state index is 10.2. The van der Waals surface area contributed by atoms with E-state index in [-0.39, 0.29) is 0 Å². The standard InChI is InChI=1S/C5H8ClNO/c1-2-4(3-6)5(7)8/h3H,2H2,1H3,(H2,7,8)/b4-3+. The van der Waals surface area contributed by atoms with Gasteiger partial charge in [-0.05, 0) is 6.42 Å². The molecule has 0 saturated carbocycles. The van der Waals surface area contributed by atoms with Gasteiger partial charge in [0.15, 0.2) is 0 Å². The molecular formula is C5H8ClNO. The zero-order valence-electron chi connectivity index (χ0n) is 4.65. The van der Waals surface area contributed by atoms with Gasteiger partial charge in [-0.15, -0.1) is 0 Å². The van der Waals surface area contributed by atoms with Gasteiger partial charge in [-0.3, -0.25) is 4.79 Å². The van der Waals surface area contributed by atoms with Gasteiger partial charge in [0, 0.05) is 11.1 Å². The average Bonchev–Trinajstić information content (AvgIpc) is 1.69. The molecule has 8 heavy (non-hydrogen) atoms. The minimum absolute atomic E-state index is 0.442. The second kappa shape index (κ2) is 3.50. The Balaban J connectivity index is 3.92. The van der Waals surface area contributed by atoms with E-state index in [9.17, 15) is 4.79 Å². The quantitative estimate of drug-likeness (QED) is 0.562. The molecule has 0 radical (unpaired) electrons. The molecule has 0 unspecified atom stereocenters. The van der Waals surface area contributed by atoms with Gasteiger partial charge in [-0.1, -0.05) is 18.5 Å². The predicted octanol–water partition coefficient (Wildman–Crippen LogP) is 1.00. The fourth-order valence-electron chi connectivity index (χ4n) is 0.305. The molecule has 2 N–H and O–H groups in total. The Morgan fingerprint density at radius 1 is 1.88 bits per heavy atom. The summed E-state index contributed by atoms with van der Waals surface area (Å²) >= 11 is 5.20. The molecule has 46 valence electrons. The second-order valence-electron chi connectivity index (χ2n) is 1.35. The van der Waals surface area contributed by atoms with E-state index in [0.717, 1.165) is 0 Å². The molecule has 0 aromatic carbocycles. The van der Waals surface area contributed by atoms with Crippen molar-refractivity contribution in [1.29, 1.82) is 0 Å². The molecule has 0 bridgehead atoms. The number of hydrogen-bond acceptors (Lipinski definition) is 1. The summed E-state index contributed by atoms with van der Waals surface area (Å²) in [6, 6.07) is 0. The molecule has 0 aliphatic carbocycles. The number of rotatable bonds is 2. The summed E-state index contributed by atoms with van der Waals surface area (Å²) in [4.78, 5) is 10.2. The number of carbonyl (C=O) groups is 1. The first-order valence-corrected chi connectivity index (χ1v) is 2.75. The van der Waals surface area contributed by atoms with E-state index in [1.54, 1.807) is 0 Å².